The summed E-state index contributed by atoms with van der Waals surface area (Å²) in [5, 5.41) is 3.03. The van der Waals surface area contributed by atoms with Gasteiger partial charge in [-0.1, -0.05) is 34.1 Å². The van der Waals surface area contributed by atoms with Crippen LogP contribution in [0.3, 0.4) is 0 Å². The molecule has 110 valence electrons. The predicted molar refractivity (Wildman–Crippen MR) is 90.8 cm³/mol. The van der Waals surface area contributed by atoms with Crippen molar-refractivity contribution in [2.45, 2.75) is 13.0 Å². The second kappa shape index (κ2) is 6.76. The minimum atomic E-state index is -0.0610. The number of hydrogen-bond donors (Lipinski definition) is 1. The van der Waals surface area contributed by atoms with E-state index in [0.717, 1.165) is 15.7 Å². The molecule has 1 unspecified atom stereocenters. The van der Waals surface area contributed by atoms with Gasteiger partial charge in [0.05, 0.1) is 6.04 Å². The molecule has 2 rings (SSSR count). The minimum absolute atomic E-state index is 0.0337. The van der Waals surface area contributed by atoms with Crippen LogP contribution in [0.4, 0.5) is 5.69 Å². The first-order chi connectivity index (χ1) is 9.97. The number of hydrogen-bond acceptors (Lipinski definition) is 2. The molecule has 0 aliphatic heterocycles. The molecular weight excluding hydrogens is 328 g/mol. The van der Waals surface area contributed by atoms with Crippen LogP contribution in [0.15, 0.2) is 53.0 Å². The third-order valence-corrected chi connectivity index (χ3v) is 3.87. The van der Waals surface area contributed by atoms with E-state index in [1.54, 1.807) is 0 Å². The first-order valence-corrected chi connectivity index (χ1v) is 7.60. The Hall–Kier alpha value is -1.81. The Morgan fingerprint density at radius 2 is 1.81 bits per heavy atom. The zero-order valence-electron chi connectivity index (χ0n) is 12.4. The van der Waals surface area contributed by atoms with Gasteiger partial charge in [-0.05, 0) is 42.8 Å². The lowest BCUT2D eigenvalue weighted by Gasteiger charge is -2.16. The van der Waals surface area contributed by atoms with Gasteiger partial charge in [-0.2, -0.15) is 0 Å². The van der Waals surface area contributed by atoms with Crippen molar-refractivity contribution in [1.82, 2.24) is 5.32 Å². The second-order valence-electron chi connectivity index (χ2n) is 5.19. The quantitative estimate of drug-likeness (QED) is 0.907. The van der Waals surface area contributed by atoms with Crippen LogP contribution in [0.5, 0.6) is 0 Å². The highest BCUT2D eigenvalue weighted by Gasteiger charge is 2.12. The summed E-state index contributed by atoms with van der Waals surface area (Å²) < 4.78 is 1.03. The molecule has 0 saturated heterocycles. The lowest BCUT2D eigenvalue weighted by Crippen LogP contribution is -2.26. The summed E-state index contributed by atoms with van der Waals surface area (Å²) in [6, 6.07) is 15.5. The summed E-state index contributed by atoms with van der Waals surface area (Å²) in [5.41, 5.74) is 2.76. The molecule has 0 saturated carbocycles. The lowest BCUT2D eigenvalue weighted by molar-refractivity contribution is 0.0940. The Balaban J connectivity index is 2.10. The van der Waals surface area contributed by atoms with Gasteiger partial charge in [0.15, 0.2) is 0 Å². The molecule has 2 aromatic rings. The lowest BCUT2D eigenvalue weighted by atomic mass is 10.1. The molecule has 21 heavy (non-hydrogen) atoms. The third kappa shape index (κ3) is 4.08. The fourth-order valence-corrected chi connectivity index (χ4v) is 2.30. The minimum Gasteiger partial charge on any atom is -0.378 e. The molecule has 1 atom stereocenters. The summed E-state index contributed by atoms with van der Waals surface area (Å²) in [6.45, 7) is 1.98. The van der Waals surface area contributed by atoms with Crippen LogP contribution in [0.25, 0.3) is 0 Å². The van der Waals surface area contributed by atoms with E-state index in [1.807, 2.05) is 74.4 Å². The molecule has 0 fully saturated rings. The molecule has 0 spiro atoms. The number of rotatable bonds is 4. The molecule has 3 nitrogen and oxygen atoms in total. The van der Waals surface area contributed by atoms with E-state index in [2.05, 4.69) is 21.2 Å². The van der Waals surface area contributed by atoms with Crippen molar-refractivity contribution in [1.29, 1.82) is 0 Å². The average Bonchev–Trinajstić information content (AvgIpc) is 2.48. The fraction of sp³-hybridized carbons (Fsp3) is 0.235. The van der Waals surface area contributed by atoms with Crippen molar-refractivity contribution in [2.24, 2.45) is 0 Å². The van der Waals surface area contributed by atoms with Crippen molar-refractivity contribution in [3.05, 3.63) is 64.1 Å². The van der Waals surface area contributed by atoms with Crippen LogP contribution in [0.2, 0.25) is 0 Å². The van der Waals surface area contributed by atoms with E-state index in [1.165, 1.54) is 0 Å². The Morgan fingerprint density at radius 3 is 2.43 bits per heavy atom. The maximum absolute atomic E-state index is 12.3. The molecule has 0 aliphatic rings. The van der Waals surface area contributed by atoms with Gasteiger partial charge in [-0.15, -0.1) is 0 Å². The average molecular weight is 347 g/mol. The van der Waals surface area contributed by atoms with Gasteiger partial charge in [0, 0.05) is 29.8 Å². The zero-order valence-corrected chi connectivity index (χ0v) is 14.0. The van der Waals surface area contributed by atoms with E-state index >= 15 is 0 Å². The highest BCUT2D eigenvalue weighted by atomic mass is 79.9. The number of anilines is 1. The monoisotopic (exact) mass is 346 g/mol. The maximum Gasteiger partial charge on any atom is 0.251 e. The summed E-state index contributed by atoms with van der Waals surface area (Å²) >= 11 is 3.41. The molecule has 0 heterocycles. The van der Waals surface area contributed by atoms with Crippen LogP contribution in [-0.2, 0) is 0 Å². The topological polar surface area (TPSA) is 32.3 Å². The smallest absolute Gasteiger partial charge is 0.251 e. The maximum atomic E-state index is 12.3. The summed E-state index contributed by atoms with van der Waals surface area (Å²) in [6.07, 6.45) is 0. The normalized spacial score (nSPS) is 11.8. The number of nitrogens with zero attached hydrogens (tertiary/aromatic N) is 1. The zero-order chi connectivity index (χ0) is 15.4. The Kier molecular flexibility index (Phi) is 5.02. The highest BCUT2D eigenvalue weighted by molar-refractivity contribution is 9.10. The van der Waals surface area contributed by atoms with E-state index in [4.69, 9.17) is 0 Å². The van der Waals surface area contributed by atoms with Gasteiger partial charge in [-0.25, -0.2) is 0 Å². The molecule has 0 radical (unpaired) electrons. The van der Waals surface area contributed by atoms with Crippen LogP contribution in [0, 0.1) is 0 Å². The van der Waals surface area contributed by atoms with Crippen LogP contribution >= 0.6 is 15.9 Å². The molecule has 1 amide bonds. The number of benzene rings is 2. The number of carbonyl (C=O) groups excluding carboxylic acids is 1. The van der Waals surface area contributed by atoms with Crippen LogP contribution < -0.4 is 10.2 Å². The standard InChI is InChI=1S/C17H19BrN2O/c1-12(13-7-9-15(18)10-8-13)19-17(21)14-5-4-6-16(11-14)20(2)3/h4-12H,1-3H3,(H,19,21). The van der Waals surface area contributed by atoms with Gasteiger partial charge in [0.1, 0.15) is 0 Å². The number of halogens is 1. The van der Waals surface area contributed by atoms with E-state index in [-0.39, 0.29) is 11.9 Å². The molecule has 4 heteroatoms. The Labute approximate surface area is 134 Å². The van der Waals surface area contributed by atoms with Crippen molar-refractivity contribution in [2.75, 3.05) is 19.0 Å². The van der Waals surface area contributed by atoms with Gasteiger partial charge in [0.2, 0.25) is 0 Å². The van der Waals surface area contributed by atoms with Crippen molar-refractivity contribution in [3.8, 4) is 0 Å². The van der Waals surface area contributed by atoms with Crippen LogP contribution in [-0.4, -0.2) is 20.0 Å². The molecule has 0 aromatic heterocycles. The Morgan fingerprint density at radius 1 is 1.14 bits per heavy atom. The van der Waals surface area contributed by atoms with Crippen molar-refractivity contribution < 1.29 is 4.79 Å². The first-order valence-electron chi connectivity index (χ1n) is 6.81. The molecule has 0 aliphatic carbocycles. The number of nitrogens with one attached hydrogen (secondary N) is 1. The third-order valence-electron chi connectivity index (χ3n) is 3.34. The second-order valence-corrected chi connectivity index (χ2v) is 6.11. The molecule has 0 bridgehead atoms. The molecule has 2 aromatic carbocycles. The fourth-order valence-electron chi connectivity index (χ4n) is 2.04. The van der Waals surface area contributed by atoms with Gasteiger partial charge in [0.25, 0.3) is 5.91 Å². The first kappa shape index (κ1) is 15.6. The summed E-state index contributed by atoms with van der Waals surface area (Å²) in [7, 11) is 3.92. The van der Waals surface area contributed by atoms with Crippen molar-refractivity contribution in [3.63, 3.8) is 0 Å². The van der Waals surface area contributed by atoms with E-state index < -0.39 is 0 Å². The highest BCUT2D eigenvalue weighted by Crippen LogP contribution is 2.18. The van der Waals surface area contributed by atoms with E-state index in [0.29, 0.717) is 5.56 Å². The van der Waals surface area contributed by atoms with Gasteiger partial charge >= 0.3 is 0 Å². The molecular formula is C17H19BrN2O. The molecule has 1 N–H and O–H groups in total. The predicted octanol–water partition coefficient (Wildman–Crippen LogP) is 4.01. The van der Waals surface area contributed by atoms with Gasteiger partial charge < -0.3 is 10.2 Å². The van der Waals surface area contributed by atoms with Crippen LogP contribution in [0.1, 0.15) is 28.9 Å². The SMILES string of the molecule is CC(NC(=O)c1cccc(N(C)C)c1)c1ccc(Br)cc1. The van der Waals surface area contributed by atoms with Gasteiger partial charge in [-0.3, -0.25) is 4.79 Å². The summed E-state index contributed by atoms with van der Waals surface area (Å²) in [5.74, 6) is -0.0610. The Bertz CT molecular complexity index is 623. The van der Waals surface area contributed by atoms with Crippen molar-refractivity contribution >= 4 is 27.5 Å². The largest absolute Gasteiger partial charge is 0.378 e. The number of carbonyl (C=O) groups is 1. The number of amides is 1. The summed E-state index contributed by atoms with van der Waals surface area (Å²) in [4.78, 5) is 14.3. The van der Waals surface area contributed by atoms with E-state index in [9.17, 15) is 4.79 Å².